The Labute approximate surface area is 192 Å². The van der Waals surface area contributed by atoms with Gasteiger partial charge in [-0.15, -0.1) is 0 Å². The SMILES string of the molecule is O=C1CCC(N2Cc3cc(OCCN4CC(OCc5ccccc5)C4)ccc3C2=O)C(=O)N1. The van der Waals surface area contributed by atoms with Crippen LogP contribution < -0.4 is 10.1 Å². The monoisotopic (exact) mass is 449 g/mol. The van der Waals surface area contributed by atoms with E-state index in [4.69, 9.17) is 9.47 Å². The molecule has 1 atom stereocenters. The molecule has 3 heterocycles. The highest BCUT2D eigenvalue weighted by molar-refractivity contribution is 6.05. The number of benzene rings is 2. The lowest BCUT2D eigenvalue weighted by molar-refractivity contribution is -0.136. The molecule has 0 spiro atoms. The van der Waals surface area contributed by atoms with Crippen molar-refractivity contribution >= 4 is 17.7 Å². The lowest BCUT2D eigenvalue weighted by atomic mass is 10.0. The zero-order valence-electron chi connectivity index (χ0n) is 18.4. The molecule has 0 bridgehead atoms. The van der Waals surface area contributed by atoms with Gasteiger partial charge in [-0.1, -0.05) is 30.3 Å². The van der Waals surface area contributed by atoms with Gasteiger partial charge in [0.05, 0.1) is 12.7 Å². The van der Waals surface area contributed by atoms with E-state index in [0.29, 0.717) is 37.5 Å². The summed E-state index contributed by atoms with van der Waals surface area (Å²) in [4.78, 5) is 40.2. The quantitative estimate of drug-likeness (QED) is 0.618. The number of carbonyl (C=O) groups excluding carboxylic acids is 3. The van der Waals surface area contributed by atoms with Gasteiger partial charge in [-0.2, -0.15) is 0 Å². The largest absolute Gasteiger partial charge is 0.492 e. The number of rotatable bonds is 8. The maximum absolute atomic E-state index is 12.8. The van der Waals surface area contributed by atoms with Crippen LogP contribution >= 0.6 is 0 Å². The number of hydrogen-bond acceptors (Lipinski definition) is 6. The molecule has 172 valence electrons. The van der Waals surface area contributed by atoms with Crippen molar-refractivity contribution < 1.29 is 23.9 Å². The number of amides is 3. The minimum absolute atomic E-state index is 0.173. The Bertz CT molecular complexity index is 1050. The molecular formula is C25H27N3O5. The molecule has 1 N–H and O–H groups in total. The Balaban J connectivity index is 1.06. The standard InChI is InChI=1S/C25H27N3O5/c29-23-9-8-22(24(30)26-23)28-13-18-12-19(6-7-21(18)25(28)31)32-11-10-27-14-20(15-27)33-16-17-4-2-1-3-5-17/h1-7,12,20,22H,8-11,13-16H2,(H,26,29,30). The van der Waals surface area contributed by atoms with Crippen molar-refractivity contribution in [3.8, 4) is 5.75 Å². The van der Waals surface area contributed by atoms with Crippen LogP contribution in [-0.4, -0.2) is 65.9 Å². The minimum atomic E-state index is -0.601. The zero-order chi connectivity index (χ0) is 22.8. The minimum Gasteiger partial charge on any atom is -0.492 e. The van der Waals surface area contributed by atoms with Crippen molar-refractivity contribution in [1.82, 2.24) is 15.1 Å². The average Bonchev–Trinajstić information content (AvgIpc) is 3.11. The first kappa shape index (κ1) is 21.6. The normalized spacial score (nSPS) is 21.0. The number of likely N-dealkylation sites (tertiary alicyclic amines) is 1. The van der Waals surface area contributed by atoms with Gasteiger partial charge in [-0.05, 0) is 35.7 Å². The highest BCUT2D eigenvalue weighted by Crippen LogP contribution is 2.30. The summed E-state index contributed by atoms with van der Waals surface area (Å²) in [7, 11) is 0. The molecule has 3 amide bonds. The van der Waals surface area contributed by atoms with Crippen LogP contribution in [0.1, 0.15) is 34.3 Å². The van der Waals surface area contributed by atoms with E-state index in [-0.39, 0.29) is 24.3 Å². The molecule has 0 saturated carbocycles. The number of nitrogens with one attached hydrogen (secondary N) is 1. The fourth-order valence-electron chi connectivity index (χ4n) is 4.53. The Morgan fingerprint density at radius 1 is 1.03 bits per heavy atom. The van der Waals surface area contributed by atoms with Crippen LogP contribution in [0.5, 0.6) is 5.75 Å². The first-order valence-corrected chi connectivity index (χ1v) is 11.3. The zero-order valence-corrected chi connectivity index (χ0v) is 18.4. The van der Waals surface area contributed by atoms with Gasteiger partial charge in [0.1, 0.15) is 18.4 Å². The van der Waals surface area contributed by atoms with Crippen molar-refractivity contribution in [2.45, 2.75) is 38.1 Å². The molecule has 2 aromatic rings. The second kappa shape index (κ2) is 9.33. The van der Waals surface area contributed by atoms with Gasteiger partial charge >= 0.3 is 0 Å². The summed E-state index contributed by atoms with van der Waals surface area (Å²) >= 11 is 0. The lowest BCUT2D eigenvalue weighted by Crippen LogP contribution is -2.53. The molecular weight excluding hydrogens is 422 g/mol. The van der Waals surface area contributed by atoms with E-state index in [1.807, 2.05) is 24.3 Å². The van der Waals surface area contributed by atoms with E-state index >= 15 is 0 Å². The third-order valence-electron chi connectivity index (χ3n) is 6.42. The van der Waals surface area contributed by atoms with E-state index in [0.717, 1.165) is 25.2 Å². The first-order chi connectivity index (χ1) is 16.1. The summed E-state index contributed by atoms with van der Waals surface area (Å²) in [6.45, 7) is 4.15. The lowest BCUT2D eigenvalue weighted by Gasteiger charge is -2.38. The average molecular weight is 450 g/mol. The van der Waals surface area contributed by atoms with Crippen molar-refractivity contribution in [3.63, 3.8) is 0 Å². The van der Waals surface area contributed by atoms with E-state index < -0.39 is 11.9 Å². The number of imide groups is 1. The number of ether oxygens (including phenoxy) is 2. The van der Waals surface area contributed by atoms with Crippen LogP contribution in [0.4, 0.5) is 0 Å². The fraction of sp³-hybridized carbons (Fsp3) is 0.400. The van der Waals surface area contributed by atoms with Crippen molar-refractivity contribution in [2.75, 3.05) is 26.2 Å². The topological polar surface area (TPSA) is 88.2 Å². The molecule has 5 rings (SSSR count). The maximum Gasteiger partial charge on any atom is 0.255 e. The van der Waals surface area contributed by atoms with Gasteiger partial charge in [0.15, 0.2) is 0 Å². The number of piperidine rings is 1. The highest BCUT2D eigenvalue weighted by atomic mass is 16.5. The first-order valence-electron chi connectivity index (χ1n) is 11.3. The van der Waals surface area contributed by atoms with Crippen LogP contribution in [0.25, 0.3) is 0 Å². The van der Waals surface area contributed by atoms with Crippen LogP contribution in [-0.2, 0) is 27.5 Å². The second-order valence-corrected chi connectivity index (χ2v) is 8.75. The van der Waals surface area contributed by atoms with E-state index in [2.05, 4.69) is 22.3 Å². The van der Waals surface area contributed by atoms with E-state index in [1.54, 1.807) is 17.0 Å². The van der Waals surface area contributed by atoms with E-state index in [1.165, 1.54) is 5.56 Å². The summed E-state index contributed by atoms with van der Waals surface area (Å²) in [5, 5.41) is 2.32. The summed E-state index contributed by atoms with van der Waals surface area (Å²) < 4.78 is 11.8. The Kier molecular flexibility index (Phi) is 6.11. The van der Waals surface area contributed by atoms with Gasteiger partial charge in [0.2, 0.25) is 11.8 Å². The summed E-state index contributed by atoms with van der Waals surface area (Å²) in [5.41, 5.74) is 2.62. The smallest absolute Gasteiger partial charge is 0.255 e. The third kappa shape index (κ3) is 4.77. The molecule has 3 aliphatic heterocycles. The number of hydrogen-bond donors (Lipinski definition) is 1. The van der Waals surface area contributed by atoms with Crippen molar-refractivity contribution in [3.05, 3.63) is 65.2 Å². The third-order valence-corrected chi connectivity index (χ3v) is 6.42. The molecule has 0 aliphatic carbocycles. The predicted octanol–water partition coefficient (Wildman–Crippen LogP) is 1.73. The molecule has 3 aliphatic rings. The number of nitrogens with zero attached hydrogens (tertiary/aromatic N) is 2. The van der Waals surface area contributed by atoms with Crippen LogP contribution in [0.3, 0.4) is 0 Å². The molecule has 8 heteroatoms. The highest BCUT2D eigenvalue weighted by Gasteiger charge is 2.39. The molecule has 33 heavy (non-hydrogen) atoms. The molecule has 2 fully saturated rings. The van der Waals surface area contributed by atoms with Crippen LogP contribution in [0.15, 0.2) is 48.5 Å². The van der Waals surface area contributed by atoms with Gasteiger partial charge in [0.25, 0.3) is 5.91 Å². The summed E-state index contributed by atoms with van der Waals surface area (Å²) in [5.74, 6) is -0.144. The molecule has 0 aromatic heterocycles. The summed E-state index contributed by atoms with van der Waals surface area (Å²) in [6, 6.07) is 15.0. The van der Waals surface area contributed by atoms with Gasteiger partial charge in [0, 0.05) is 38.2 Å². The predicted molar refractivity (Wildman–Crippen MR) is 119 cm³/mol. The number of fused-ring (bicyclic) bond motifs is 1. The molecule has 2 saturated heterocycles. The molecule has 2 aromatic carbocycles. The Hall–Kier alpha value is -3.23. The molecule has 0 radical (unpaired) electrons. The maximum atomic E-state index is 12.8. The second-order valence-electron chi connectivity index (χ2n) is 8.75. The van der Waals surface area contributed by atoms with Gasteiger partial charge in [-0.25, -0.2) is 0 Å². The van der Waals surface area contributed by atoms with Crippen molar-refractivity contribution in [2.24, 2.45) is 0 Å². The Morgan fingerprint density at radius 2 is 1.85 bits per heavy atom. The van der Waals surface area contributed by atoms with Crippen LogP contribution in [0, 0.1) is 0 Å². The van der Waals surface area contributed by atoms with Gasteiger partial charge < -0.3 is 14.4 Å². The molecule has 1 unspecified atom stereocenters. The van der Waals surface area contributed by atoms with Crippen molar-refractivity contribution in [1.29, 1.82) is 0 Å². The number of carbonyl (C=O) groups is 3. The van der Waals surface area contributed by atoms with Gasteiger partial charge in [-0.3, -0.25) is 24.6 Å². The van der Waals surface area contributed by atoms with Crippen LogP contribution in [0.2, 0.25) is 0 Å². The fourth-order valence-corrected chi connectivity index (χ4v) is 4.53. The van der Waals surface area contributed by atoms with E-state index in [9.17, 15) is 14.4 Å². The Morgan fingerprint density at radius 3 is 2.64 bits per heavy atom. The molecule has 8 nitrogen and oxygen atoms in total. The summed E-state index contributed by atoms with van der Waals surface area (Å²) in [6.07, 6.45) is 0.869.